The number of hydrogen-bond acceptors (Lipinski definition) is 5. The second kappa shape index (κ2) is 4.90. The van der Waals surface area contributed by atoms with E-state index in [2.05, 4.69) is 31.5 Å². The van der Waals surface area contributed by atoms with E-state index >= 15 is 0 Å². The van der Waals surface area contributed by atoms with Crippen molar-refractivity contribution in [1.82, 2.24) is 24.4 Å². The van der Waals surface area contributed by atoms with Gasteiger partial charge in [-0.2, -0.15) is 4.98 Å². The molecule has 0 aliphatic carbocycles. The molecule has 0 amide bonds. The van der Waals surface area contributed by atoms with Crippen LogP contribution in [0.5, 0.6) is 5.88 Å². The number of likely N-dealkylation sites (tertiary alicyclic amines) is 1. The lowest BCUT2D eigenvalue weighted by Gasteiger charge is -2.30. The molecule has 1 aliphatic heterocycles. The maximum Gasteiger partial charge on any atom is 0.242 e. The van der Waals surface area contributed by atoms with Gasteiger partial charge in [-0.1, -0.05) is 0 Å². The average molecular weight is 279 g/mol. The van der Waals surface area contributed by atoms with Crippen molar-refractivity contribution in [3.8, 4) is 5.88 Å². The molecular formula is C12H17N5OS. The van der Waals surface area contributed by atoms with E-state index in [1.807, 2.05) is 0 Å². The fourth-order valence-corrected chi connectivity index (χ4v) is 3.10. The Morgan fingerprint density at radius 1 is 1.47 bits per heavy atom. The molecule has 0 radical (unpaired) electrons. The first-order chi connectivity index (χ1) is 9.20. The first kappa shape index (κ1) is 12.6. The van der Waals surface area contributed by atoms with E-state index in [0.29, 0.717) is 16.7 Å². The van der Waals surface area contributed by atoms with Crippen molar-refractivity contribution in [3.63, 3.8) is 0 Å². The molecule has 2 aromatic heterocycles. The molecule has 7 heteroatoms. The minimum absolute atomic E-state index is 0.361. The largest absolute Gasteiger partial charge is 0.479 e. The van der Waals surface area contributed by atoms with Crippen molar-refractivity contribution in [3.05, 3.63) is 11.1 Å². The van der Waals surface area contributed by atoms with Crippen LogP contribution in [-0.4, -0.2) is 51.7 Å². The minimum atomic E-state index is 0.361. The highest BCUT2D eigenvalue weighted by molar-refractivity contribution is 7.71. The van der Waals surface area contributed by atoms with Crippen molar-refractivity contribution in [2.75, 3.05) is 27.2 Å². The molecule has 1 unspecified atom stereocenters. The third-order valence-electron chi connectivity index (χ3n) is 3.63. The second-order valence-corrected chi connectivity index (χ2v) is 5.33. The van der Waals surface area contributed by atoms with Crippen LogP contribution in [0.2, 0.25) is 0 Å². The number of methoxy groups -OCH3 is 1. The summed E-state index contributed by atoms with van der Waals surface area (Å²) in [6, 6.07) is 0.361. The lowest BCUT2D eigenvalue weighted by Crippen LogP contribution is -2.33. The van der Waals surface area contributed by atoms with Gasteiger partial charge in [0.1, 0.15) is 11.8 Å². The van der Waals surface area contributed by atoms with E-state index in [0.717, 1.165) is 30.7 Å². The number of ether oxygens (including phenoxy) is 1. The average Bonchev–Trinajstić information content (AvgIpc) is 2.74. The van der Waals surface area contributed by atoms with Crippen LogP contribution in [0.1, 0.15) is 18.9 Å². The van der Waals surface area contributed by atoms with Crippen LogP contribution in [0.3, 0.4) is 0 Å². The van der Waals surface area contributed by atoms with Gasteiger partial charge in [0, 0.05) is 6.54 Å². The summed E-state index contributed by atoms with van der Waals surface area (Å²) in [5.74, 6) is 0.541. The molecule has 1 atom stereocenters. The van der Waals surface area contributed by atoms with Crippen molar-refractivity contribution < 1.29 is 4.74 Å². The monoisotopic (exact) mass is 279 g/mol. The summed E-state index contributed by atoms with van der Waals surface area (Å²) in [4.78, 5) is 14.0. The van der Waals surface area contributed by atoms with E-state index in [1.165, 1.54) is 12.7 Å². The fraction of sp³-hybridized carbons (Fsp3) is 0.583. The van der Waals surface area contributed by atoms with Gasteiger partial charge in [-0.15, -0.1) is 0 Å². The van der Waals surface area contributed by atoms with Crippen LogP contribution in [0.25, 0.3) is 11.2 Å². The van der Waals surface area contributed by atoms with Gasteiger partial charge in [-0.3, -0.25) is 4.57 Å². The SMILES string of the molecule is COc1ncnc2c1[nH]c(=S)n2C1CCCN(C)C1. The number of likely N-dealkylation sites (N-methyl/N-ethyl adjacent to an activating group) is 1. The smallest absolute Gasteiger partial charge is 0.242 e. The van der Waals surface area contributed by atoms with E-state index < -0.39 is 0 Å². The zero-order valence-corrected chi connectivity index (χ0v) is 11.9. The van der Waals surface area contributed by atoms with Gasteiger partial charge in [0.15, 0.2) is 10.4 Å². The predicted octanol–water partition coefficient (Wildman–Crippen LogP) is 1.76. The highest BCUT2D eigenvalue weighted by atomic mass is 32.1. The number of hydrogen-bond donors (Lipinski definition) is 1. The number of piperidine rings is 1. The number of H-pyrrole nitrogens is 1. The Bertz CT molecular complexity index is 649. The van der Waals surface area contributed by atoms with Crippen LogP contribution in [0.4, 0.5) is 0 Å². The van der Waals surface area contributed by atoms with Crippen molar-refractivity contribution >= 4 is 23.4 Å². The van der Waals surface area contributed by atoms with E-state index in [-0.39, 0.29) is 0 Å². The third-order valence-corrected chi connectivity index (χ3v) is 3.93. The molecule has 102 valence electrons. The summed E-state index contributed by atoms with van der Waals surface area (Å²) in [7, 11) is 3.74. The van der Waals surface area contributed by atoms with Gasteiger partial charge in [0.2, 0.25) is 5.88 Å². The second-order valence-electron chi connectivity index (χ2n) is 4.94. The molecule has 0 saturated carbocycles. The van der Waals surface area contributed by atoms with Gasteiger partial charge >= 0.3 is 0 Å². The van der Waals surface area contributed by atoms with Gasteiger partial charge in [0.05, 0.1) is 13.2 Å². The van der Waals surface area contributed by atoms with Gasteiger partial charge in [-0.05, 0) is 38.7 Å². The Hall–Kier alpha value is -1.47. The summed E-state index contributed by atoms with van der Waals surface area (Å²) < 4.78 is 8.04. The molecule has 6 nitrogen and oxygen atoms in total. The summed E-state index contributed by atoms with van der Waals surface area (Å²) >= 11 is 5.45. The Morgan fingerprint density at radius 3 is 3.05 bits per heavy atom. The van der Waals surface area contributed by atoms with Crippen molar-refractivity contribution in [2.24, 2.45) is 0 Å². The lowest BCUT2D eigenvalue weighted by atomic mass is 10.1. The predicted molar refractivity (Wildman–Crippen MR) is 75.0 cm³/mol. The molecule has 3 rings (SSSR count). The lowest BCUT2D eigenvalue weighted by molar-refractivity contribution is 0.213. The molecule has 0 aromatic carbocycles. The first-order valence-corrected chi connectivity index (χ1v) is 6.79. The number of fused-ring (bicyclic) bond motifs is 1. The minimum Gasteiger partial charge on any atom is -0.479 e. The molecule has 0 spiro atoms. The Labute approximate surface area is 116 Å². The molecule has 19 heavy (non-hydrogen) atoms. The molecule has 0 bridgehead atoms. The maximum atomic E-state index is 5.45. The molecule has 3 heterocycles. The summed E-state index contributed by atoms with van der Waals surface area (Å²) in [6.45, 7) is 2.14. The van der Waals surface area contributed by atoms with E-state index in [4.69, 9.17) is 17.0 Å². The molecular weight excluding hydrogens is 262 g/mol. The molecule has 1 aliphatic rings. The van der Waals surface area contributed by atoms with E-state index in [9.17, 15) is 0 Å². The summed E-state index contributed by atoms with van der Waals surface area (Å²) in [5.41, 5.74) is 1.61. The van der Waals surface area contributed by atoms with Gasteiger partial charge in [0.25, 0.3) is 0 Å². The zero-order valence-electron chi connectivity index (χ0n) is 11.1. The van der Waals surface area contributed by atoms with Crippen LogP contribution < -0.4 is 4.74 Å². The first-order valence-electron chi connectivity index (χ1n) is 6.38. The number of rotatable bonds is 2. The molecule has 1 fully saturated rings. The number of aromatic amines is 1. The fourth-order valence-electron chi connectivity index (χ4n) is 2.76. The van der Waals surface area contributed by atoms with Gasteiger partial charge in [-0.25, -0.2) is 4.98 Å². The zero-order chi connectivity index (χ0) is 13.4. The molecule has 1 N–H and O–H groups in total. The van der Waals surface area contributed by atoms with E-state index in [1.54, 1.807) is 7.11 Å². The normalized spacial score (nSPS) is 20.8. The Kier molecular flexibility index (Phi) is 3.24. The highest BCUT2D eigenvalue weighted by Crippen LogP contribution is 2.27. The number of nitrogens with one attached hydrogen (secondary N) is 1. The van der Waals surface area contributed by atoms with Crippen molar-refractivity contribution in [2.45, 2.75) is 18.9 Å². The molecule has 2 aromatic rings. The van der Waals surface area contributed by atoms with Crippen LogP contribution in [0, 0.1) is 4.77 Å². The number of imidazole rings is 1. The summed E-state index contributed by atoms with van der Waals surface area (Å²) in [5, 5.41) is 0. The van der Waals surface area contributed by atoms with Crippen molar-refractivity contribution in [1.29, 1.82) is 0 Å². The van der Waals surface area contributed by atoms with Crippen LogP contribution >= 0.6 is 12.2 Å². The molecule has 1 saturated heterocycles. The van der Waals surface area contributed by atoms with Crippen LogP contribution in [0.15, 0.2) is 6.33 Å². The quantitative estimate of drug-likeness (QED) is 0.849. The Balaban J connectivity index is 2.13. The third kappa shape index (κ3) is 2.12. The van der Waals surface area contributed by atoms with Crippen LogP contribution in [-0.2, 0) is 0 Å². The number of nitrogens with zero attached hydrogens (tertiary/aromatic N) is 4. The Morgan fingerprint density at radius 2 is 2.32 bits per heavy atom. The van der Waals surface area contributed by atoms with Gasteiger partial charge < -0.3 is 14.6 Å². The summed E-state index contributed by atoms with van der Waals surface area (Å²) in [6.07, 6.45) is 3.82. The number of aromatic nitrogens is 4. The maximum absolute atomic E-state index is 5.45. The standard InChI is InChI=1S/C12H17N5OS/c1-16-5-3-4-8(6-16)17-10-9(15-12(17)19)11(18-2)14-7-13-10/h7-8H,3-6H2,1-2H3,(H,15,19). The highest BCUT2D eigenvalue weighted by Gasteiger charge is 2.23. The topological polar surface area (TPSA) is 59.0 Å².